The number of carbonyl (C=O) groups excluding carboxylic acids is 1. The zero-order valence-corrected chi connectivity index (χ0v) is 17.7. The van der Waals surface area contributed by atoms with Gasteiger partial charge in [0.05, 0.1) is 24.6 Å². The van der Waals surface area contributed by atoms with Crippen molar-refractivity contribution in [2.45, 2.75) is 76.9 Å². The van der Waals surface area contributed by atoms with Gasteiger partial charge in [-0.15, -0.1) is 0 Å². The first-order chi connectivity index (χ1) is 14.3. The Bertz CT molecular complexity index is 886. The number of aromatic nitrogens is 2. The highest BCUT2D eigenvalue weighted by Gasteiger charge is 2.45. The number of fused-ring (bicyclic) bond motifs is 2. The second-order valence-electron chi connectivity index (χ2n) is 9.03. The van der Waals surface area contributed by atoms with Gasteiger partial charge in [-0.05, 0) is 52.5 Å². The van der Waals surface area contributed by atoms with E-state index in [9.17, 15) is 9.18 Å². The quantitative estimate of drug-likeness (QED) is 0.725. The first-order valence-electron chi connectivity index (χ1n) is 10.5. The Morgan fingerprint density at radius 2 is 1.93 bits per heavy atom. The lowest BCUT2D eigenvalue weighted by Crippen LogP contribution is -2.50. The summed E-state index contributed by atoms with van der Waals surface area (Å²) >= 11 is 0. The van der Waals surface area contributed by atoms with Crippen LogP contribution in [0, 0.1) is 5.82 Å². The molecule has 2 saturated heterocycles. The molecule has 1 aromatic heterocycles. The van der Waals surface area contributed by atoms with E-state index in [1.54, 1.807) is 24.7 Å². The average Bonchev–Trinajstić information content (AvgIpc) is 2.97. The standard InChI is InChI=1S/C23H28FN3O3/c1-23(2,3)30-22(28)27-15-7-8-16(27)12-17(11-15)29-14-19-18(5-4-6-20(19)24)21-13-25-9-10-26-21/h4-6,9-10,13,15-17H,7-8,11-12,14H2,1-3H3/t15-,16+,17+. The van der Waals surface area contributed by atoms with E-state index in [0.29, 0.717) is 16.8 Å². The van der Waals surface area contributed by atoms with Crippen LogP contribution in [0.25, 0.3) is 11.3 Å². The summed E-state index contributed by atoms with van der Waals surface area (Å²) in [6, 6.07) is 5.17. The lowest BCUT2D eigenvalue weighted by atomic mass is 9.99. The van der Waals surface area contributed by atoms with E-state index in [4.69, 9.17) is 9.47 Å². The molecule has 6 nitrogen and oxygen atoms in total. The van der Waals surface area contributed by atoms with Gasteiger partial charge in [-0.2, -0.15) is 0 Å². The summed E-state index contributed by atoms with van der Waals surface area (Å²) in [5, 5.41) is 0. The summed E-state index contributed by atoms with van der Waals surface area (Å²) in [7, 11) is 0. The van der Waals surface area contributed by atoms with Crippen molar-refractivity contribution in [1.29, 1.82) is 0 Å². The minimum Gasteiger partial charge on any atom is -0.444 e. The molecule has 2 bridgehead atoms. The van der Waals surface area contributed by atoms with Crippen LogP contribution in [0.1, 0.15) is 52.0 Å². The van der Waals surface area contributed by atoms with Gasteiger partial charge in [-0.3, -0.25) is 9.97 Å². The zero-order chi connectivity index (χ0) is 21.3. The molecule has 2 fully saturated rings. The topological polar surface area (TPSA) is 64.5 Å². The van der Waals surface area contributed by atoms with Gasteiger partial charge in [-0.25, -0.2) is 9.18 Å². The molecule has 7 heteroatoms. The van der Waals surface area contributed by atoms with Gasteiger partial charge in [-0.1, -0.05) is 12.1 Å². The number of ether oxygens (including phenoxy) is 2. The van der Waals surface area contributed by atoms with E-state index in [1.807, 2.05) is 31.7 Å². The third-order valence-corrected chi connectivity index (χ3v) is 5.72. The van der Waals surface area contributed by atoms with E-state index < -0.39 is 5.60 Å². The first-order valence-corrected chi connectivity index (χ1v) is 10.5. The highest BCUT2D eigenvalue weighted by Crippen LogP contribution is 2.38. The molecule has 3 atom stereocenters. The molecule has 1 amide bonds. The summed E-state index contributed by atoms with van der Waals surface area (Å²) in [5.41, 5.74) is 1.29. The van der Waals surface area contributed by atoms with Crippen LogP contribution in [0.3, 0.4) is 0 Å². The molecule has 160 valence electrons. The van der Waals surface area contributed by atoms with E-state index >= 15 is 0 Å². The lowest BCUT2D eigenvalue weighted by Gasteiger charge is -2.39. The van der Waals surface area contributed by atoms with E-state index in [0.717, 1.165) is 25.7 Å². The SMILES string of the molecule is CC(C)(C)OC(=O)N1[C@@H]2CC[C@H]1C[C@@H](OCc1c(F)cccc1-c1cnccn1)C2. The minimum absolute atomic E-state index is 0.0181. The highest BCUT2D eigenvalue weighted by molar-refractivity contribution is 5.69. The van der Waals surface area contributed by atoms with Crippen molar-refractivity contribution in [1.82, 2.24) is 14.9 Å². The number of amides is 1. The maximum Gasteiger partial charge on any atom is 0.410 e. The van der Waals surface area contributed by atoms with Crippen molar-refractivity contribution in [3.63, 3.8) is 0 Å². The fourth-order valence-electron chi connectivity index (χ4n) is 4.46. The third kappa shape index (κ3) is 4.46. The van der Waals surface area contributed by atoms with Crippen molar-refractivity contribution in [2.24, 2.45) is 0 Å². The lowest BCUT2D eigenvalue weighted by molar-refractivity contribution is -0.0400. The fourth-order valence-corrected chi connectivity index (χ4v) is 4.46. The monoisotopic (exact) mass is 413 g/mol. The Balaban J connectivity index is 1.43. The normalized spacial score (nSPS) is 23.5. The number of carbonyl (C=O) groups is 1. The Morgan fingerprint density at radius 3 is 2.57 bits per heavy atom. The van der Waals surface area contributed by atoms with Gasteiger partial charge >= 0.3 is 6.09 Å². The van der Waals surface area contributed by atoms with Crippen LogP contribution in [-0.4, -0.2) is 44.7 Å². The minimum atomic E-state index is -0.508. The van der Waals surface area contributed by atoms with Crippen molar-refractivity contribution in [3.05, 3.63) is 48.2 Å². The number of rotatable bonds is 4. The molecule has 3 heterocycles. The molecule has 0 N–H and O–H groups in total. The second-order valence-corrected chi connectivity index (χ2v) is 9.03. The number of hydrogen-bond donors (Lipinski definition) is 0. The van der Waals surface area contributed by atoms with Crippen molar-refractivity contribution >= 4 is 6.09 Å². The van der Waals surface area contributed by atoms with Gasteiger partial charge < -0.3 is 14.4 Å². The molecule has 0 unspecified atom stereocenters. The molecule has 0 spiro atoms. The van der Waals surface area contributed by atoms with Crippen molar-refractivity contribution in [3.8, 4) is 11.3 Å². The Labute approximate surface area is 176 Å². The Kier molecular flexibility index (Phi) is 5.73. The van der Waals surface area contributed by atoms with Gasteiger partial charge in [0.1, 0.15) is 11.4 Å². The maximum atomic E-state index is 14.6. The van der Waals surface area contributed by atoms with Crippen LogP contribution < -0.4 is 0 Å². The molecule has 30 heavy (non-hydrogen) atoms. The van der Waals surface area contributed by atoms with Crippen LogP contribution in [0.4, 0.5) is 9.18 Å². The largest absolute Gasteiger partial charge is 0.444 e. The number of nitrogens with zero attached hydrogens (tertiary/aromatic N) is 3. The Morgan fingerprint density at radius 1 is 1.20 bits per heavy atom. The summed E-state index contributed by atoms with van der Waals surface area (Å²) in [6.07, 6.45) is 7.93. The molecule has 1 aromatic carbocycles. The summed E-state index contributed by atoms with van der Waals surface area (Å²) < 4.78 is 26.3. The van der Waals surface area contributed by atoms with E-state index in [1.165, 1.54) is 6.07 Å². The molecule has 0 radical (unpaired) electrons. The van der Waals surface area contributed by atoms with Crippen LogP contribution in [0.2, 0.25) is 0 Å². The van der Waals surface area contributed by atoms with Crippen LogP contribution >= 0.6 is 0 Å². The summed E-state index contributed by atoms with van der Waals surface area (Å²) in [4.78, 5) is 22.9. The molecule has 4 rings (SSSR count). The third-order valence-electron chi connectivity index (χ3n) is 5.72. The highest BCUT2D eigenvalue weighted by atomic mass is 19.1. The van der Waals surface area contributed by atoms with Gasteiger partial charge in [0, 0.05) is 35.6 Å². The number of benzene rings is 1. The van der Waals surface area contributed by atoms with Gasteiger partial charge in [0.15, 0.2) is 0 Å². The van der Waals surface area contributed by atoms with Crippen LogP contribution in [-0.2, 0) is 16.1 Å². The summed E-state index contributed by atoms with van der Waals surface area (Å²) in [6.45, 7) is 5.80. The molecular formula is C23H28FN3O3. The average molecular weight is 413 g/mol. The van der Waals surface area contributed by atoms with Gasteiger partial charge in [0.2, 0.25) is 0 Å². The number of hydrogen-bond acceptors (Lipinski definition) is 5. The molecule has 0 aliphatic carbocycles. The van der Waals surface area contributed by atoms with Crippen LogP contribution in [0.15, 0.2) is 36.8 Å². The van der Waals surface area contributed by atoms with Crippen molar-refractivity contribution < 1.29 is 18.7 Å². The molecule has 2 aromatic rings. The first kappa shape index (κ1) is 20.7. The van der Waals surface area contributed by atoms with Gasteiger partial charge in [0.25, 0.3) is 0 Å². The van der Waals surface area contributed by atoms with E-state index in [-0.39, 0.29) is 36.7 Å². The second kappa shape index (κ2) is 8.30. The molecule has 0 saturated carbocycles. The zero-order valence-electron chi connectivity index (χ0n) is 17.7. The predicted molar refractivity (Wildman–Crippen MR) is 110 cm³/mol. The molecule has 2 aliphatic rings. The van der Waals surface area contributed by atoms with Crippen LogP contribution in [0.5, 0.6) is 0 Å². The number of piperidine rings is 1. The molecular weight excluding hydrogens is 385 g/mol. The van der Waals surface area contributed by atoms with E-state index in [2.05, 4.69) is 9.97 Å². The molecule has 2 aliphatic heterocycles. The fraction of sp³-hybridized carbons (Fsp3) is 0.522. The summed E-state index contributed by atoms with van der Waals surface area (Å²) in [5.74, 6) is -0.313. The Hall–Kier alpha value is -2.54. The number of halogens is 1. The maximum absolute atomic E-state index is 14.6. The predicted octanol–water partition coefficient (Wildman–Crippen LogP) is 4.73. The smallest absolute Gasteiger partial charge is 0.410 e. The van der Waals surface area contributed by atoms with Crippen molar-refractivity contribution in [2.75, 3.05) is 0 Å².